The fraction of sp³-hybridized carbons (Fsp3) is 0.267. The lowest BCUT2D eigenvalue weighted by atomic mass is 10.1. The standard InChI is InChI=1S/C15H18N2/c1-12-3-5-14(6-4-12)10-17-11-15-7-8-16-9-13(15)2/h3-9,17H,10-11H2,1-2H3. The number of rotatable bonds is 4. The molecule has 0 bridgehead atoms. The Labute approximate surface area is 103 Å². The van der Waals surface area contributed by atoms with Gasteiger partial charge in [-0.1, -0.05) is 29.8 Å². The van der Waals surface area contributed by atoms with Crippen molar-refractivity contribution in [2.24, 2.45) is 0 Å². The fourth-order valence-corrected chi connectivity index (χ4v) is 1.75. The summed E-state index contributed by atoms with van der Waals surface area (Å²) in [7, 11) is 0. The van der Waals surface area contributed by atoms with Gasteiger partial charge >= 0.3 is 0 Å². The van der Waals surface area contributed by atoms with Crippen LogP contribution in [0.25, 0.3) is 0 Å². The van der Waals surface area contributed by atoms with Gasteiger partial charge in [0.05, 0.1) is 0 Å². The van der Waals surface area contributed by atoms with E-state index in [1.165, 1.54) is 22.3 Å². The molecule has 0 saturated carbocycles. The molecule has 0 aliphatic rings. The van der Waals surface area contributed by atoms with E-state index in [-0.39, 0.29) is 0 Å². The predicted octanol–water partition coefficient (Wildman–Crippen LogP) is 2.99. The second-order valence-corrected chi connectivity index (χ2v) is 4.39. The van der Waals surface area contributed by atoms with E-state index in [2.05, 4.69) is 54.5 Å². The summed E-state index contributed by atoms with van der Waals surface area (Å²) < 4.78 is 0. The van der Waals surface area contributed by atoms with Crippen LogP contribution in [0.5, 0.6) is 0 Å². The average molecular weight is 226 g/mol. The second-order valence-electron chi connectivity index (χ2n) is 4.39. The molecule has 0 atom stereocenters. The third-order valence-electron chi connectivity index (χ3n) is 2.90. The summed E-state index contributed by atoms with van der Waals surface area (Å²) in [5.74, 6) is 0. The maximum Gasteiger partial charge on any atom is 0.0300 e. The molecule has 0 fully saturated rings. The molecule has 1 aromatic carbocycles. The van der Waals surface area contributed by atoms with Crippen LogP contribution in [0, 0.1) is 13.8 Å². The third-order valence-corrected chi connectivity index (χ3v) is 2.90. The van der Waals surface area contributed by atoms with Crippen LogP contribution in [0.2, 0.25) is 0 Å². The van der Waals surface area contributed by atoms with Gasteiger partial charge in [-0.15, -0.1) is 0 Å². The lowest BCUT2D eigenvalue weighted by Gasteiger charge is -2.07. The largest absolute Gasteiger partial charge is 0.309 e. The molecule has 0 saturated heterocycles. The highest BCUT2D eigenvalue weighted by Crippen LogP contribution is 2.06. The predicted molar refractivity (Wildman–Crippen MR) is 70.7 cm³/mol. The first-order valence-electron chi connectivity index (χ1n) is 5.91. The Hall–Kier alpha value is -1.67. The van der Waals surface area contributed by atoms with Gasteiger partial charge in [-0.25, -0.2) is 0 Å². The zero-order chi connectivity index (χ0) is 12.1. The molecule has 0 aliphatic carbocycles. The van der Waals surface area contributed by atoms with Crippen molar-refractivity contribution >= 4 is 0 Å². The number of aromatic nitrogens is 1. The third kappa shape index (κ3) is 3.40. The lowest BCUT2D eigenvalue weighted by Crippen LogP contribution is -2.13. The SMILES string of the molecule is Cc1ccc(CNCc2ccncc2C)cc1. The number of aryl methyl sites for hydroxylation is 2. The van der Waals surface area contributed by atoms with E-state index in [9.17, 15) is 0 Å². The zero-order valence-corrected chi connectivity index (χ0v) is 10.4. The van der Waals surface area contributed by atoms with Crippen molar-refractivity contribution in [2.75, 3.05) is 0 Å². The van der Waals surface area contributed by atoms with Gasteiger partial charge in [0.2, 0.25) is 0 Å². The van der Waals surface area contributed by atoms with Gasteiger partial charge < -0.3 is 5.32 Å². The molecular weight excluding hydrogens is 208 g/mol. The highest BCUT2D eigenvalue weighted by atomic mass is 14.8. The van der Waals surface area contributed by atoms with Crippen molar-refractivity contribution in [3.63, 3.8) is 0 Å². The van der Waals surface area contributed by atoms with Crippen LogP contribution in [0.4, 0.5) is 0 Å². The van der Waals surface area contributed by atoms with E-state index in [1.807, 2.05) is 12.4 Å². The van der Waals surface area contributed by atoms with Crippen molar-refractivity contribution in [3.05, 3.63) is 65.0 Å². The second kappa shape index (κ2) is 5.60. The van der Waals surface area contributed by atoms with E-state index in [4.69, 9.17) is 0 Å². The Morgan fingerprint density at radius 2 is 1.76 bits per heavy atom. The Kier molecular flexibility index (Phi) is 3.89. The van der Waals surface area contributed by atoms with Crippen molar-refractivity contribution in [2.45, 2.75) is 26.9 Å². The number of nitrogens with one attached hydrogen (secondary N) is 1. The number of hydrogen-bond donors (Lipinski definition) is 1. The quantitative estimate of drug-likeness (QED) is 0.867. The van der Waals surface area contributed by atoms with Gasteiger partial charge in [0.25, 0.3) is 0 Å². The maximum absolute atomic E-state index is 4.09. The smallest absolute Gasteiger partial charge is 0.0300 e. The molecule has 2 aromatic rings. The number of hydrogen-bond acceptors (Lipinski definition) is 2. The first-order chi connectivity index (χ1) is 8.25. The van der Waals surface area contributed by atoms with Crippen LogP contribution in [-0.2, 0) is 13.1 Å². The molecular formula is C15H18N2. The van der Waals surface area contributed by atoms with Gasteiger partial charge in [0.1, 0.15) is 0 Å². The van der Waals surface area contributed by atoms with Crippen molar-refractivity contribution < 1.29 is 0 Å². The summed E-state index contributed by atoms with van der Waals surface area (Å²) in [5, 5.41) is 3.45. The number of pyridine rings is 1. The number of nitrogens with zero attached hydrogens (tertiary/aromatic N) is 1. The lowest BCUT2D eigenvalue weighted by molar-refractivity contribution is 0.689. The Balaban J connectivity index is 1.88. The van der Waals surface area contributed by atoms with Crippen LogP contribution in [0.1, 0.15) is 22.3 Å². The van der Waals surface area contributed by atoms with Crippen molar-refractivity contribution in [1.29, 1.82) is 0 Å². The summed E-state index contributed by atoms with van der Waals surface area (Å²) in [5.41, 5.74) is 5.18. The van der Waals surface area contributed by atoms with Gasteiger partial charge in [0, 0.05) is 25.5 Å². The molecule has 1 N–H and O–H groups in total. The van der Waals surface area contributed by atoms with Crippen molar-refractivity contribution in [1.82, 2.24) is 10.3 Å². The molecule has 2 rings (SSSR count). The van der Waals surface area contributed by atoms with Gasteiger partial charge in [0.15, 0.2) is 0 Å². The highest BCUT2D eigenvalue weighted by Gasteiger charge is 1.97. The minimum atomic E-state index is 0.891. The van der Waals surface area contributed by atoms with Crippen LogP contribution in [0.3, 0.4) is 0 Å². The van der Waals surface area contributed by atoms with E-state index in [1.54, 1.807) is 0 Å². The molecule has 1 aromatic heterocycles. The van der Waals surface area contributed by atoms with Crippen LogP contribution in [0.15, 0.2) is 42.7 Å². The first-order valence-corrected chi connectivity index (χ1v) is 5.91. The summed E-state index contributed by atoms with van der Waals surface area (Å²) in [6, 6.07) is 10.7. The minimum Gasteiger partial charge on any atom is -0.309 e. The molecule has 2 heteroatoms. The van der Waals surface area contributed by atoms with E-state index < -0.39 is 0 Å². The molecule has 17 heavy (non-hydrogen) atoms. The minimum absolute atomic E-state index is 0.891. The molecule has 2 nitrogen and oxygen atoms in total. The normalized spacial score (nSPS) is 10.5. The molecule has 0 amide bonds. The summed E-state index contributed by atoms with van der Waals surface area (Å²) >= 11 is 0. The van der Waals surface area contributed by atoms with Gasteiger partial charge in [-0.3, -0.25) is 4.98 Å². The number of benzene rings is 1. The molecule has 1 heterocycles. The molecule has 0 radical (unpaired) electrons. The molecule has 0 unspecified atom stereocenters. The van der Waals surface area contributed by atoms with Crippen molar-refractivity contribution in [3.8, 4) is 0 Å². The van der Waals surface area contributed by atoms with Crippen LogP contribution >= 0.6 is 0 Å². The Morgan fingerprint density at radius 1 is 1.00 bits per heavy atom. The topological polar surface area (TPSA) is 24.9 Å². The van der Waals surface area contributed by atoms with Crippen LogP contribution < -0.4 is 5.32 Å². The van der Waals surface area contributed by atoms with E-state index in [0.717, 1.165) is 13.1 Å². The summed E-state index contributed by atoms with van der Waals surface area (Å²) in [6.07, 6.45) is 3.75. The first kappa shape index (κ1) is 11.8. The Bertz CT molecular complexity index is 475. The average Bonchev–Trinajstić information content (AvgIpc) is 2.34. The molecule has 0 aliphatic heterocycles. The molecule has 88 valence electrons. The maximum atomic E-state index is 4.09. The highest BCUT2D eigenvalue weighted by molar-refractivity contribution is 5.23. The summed E-state index contributed by atoms with van der Waals surface area (Å²) in [6.45, 7) is 6.00. The molecule has 0 spiro atoms. The van der Waals surface area contributed by atoms with Gasteiger partial charge in [-0.05, 0) is 36.6 Å². The van der Waals surface area contributed by atoms with E-state index >= 15 is 0 Å². The van der Waals surface area contributed by atoms with Crippen LogP contribution in [-0.4, -0.2) is 4.98 Å². The zero-order valence-electron chi connectivity index (χ0n) is 10.4. The van der Waals surface area contributed by atoms with E-state index in [0.29, 0.717) is 0 Å². The van der Waals surface area contributed by atoms with Gasteiger partial charge in [-0.2, -0.15) is 0 Å². The Morgan fingerprint density at radius 3 is 2.47 bits per heavy atom. The fourth-order valence-electron chi connectivity index (χ4n) is 1.75. The monoisotopic (exact) mass is 226 g/mol. The summed E-state index contributed by atoms with van der Waals surface area (Å²) in [4.78, 5) is 4.09.